The first-order chi connectivity index (χ1) is 14.0. The van der Waals surface area contributed by atoms with Crippen molar-refractivity contribution < 1.29 is 4.79 Å². The maximum atomic E-state index is 12.3. The summed E-state index contributed by atoms with van der Waals surface area (Å²) < 4.78 is 0. The Balaban J connectivity index is 0.00000320. The third-order valence-corrected chi connectivity index (χ3v) is 6.44. The predicted molar refractivity (Wildman–Crippen MR) is 136 cm³/mol. The molecule has 1 saturated carbocycles. The van der Waals surface area contributed by atoms with Crippen LogP contribution in [0.25, 0.3) is 0 Å². The van der Waals surface area contributed by atoms with Crippen molar-refractivity contribution in [3.8, 4) is 0 Å². The lowest BCUT2D eigenvalue weighted by molar-refractivity contribution is -0.119. The van der Waals surface area contributed by atoms with Crippen molar-refractivity contribution in [3.05, 3.63) is 45.4 Å². The van der Waals surface area contributed by atoms with E-state index in [0.29, 0.717) is 6.54 Å². The second kappa shape index (κ2) is 12.2. The molecule has 3 N–H and O–H groups in total. The molecular formula is C22H32IN5OS. The third kappa shape index (κ3) is 7.23. The maximum Gasteiger partial charge on any atom is 0.227 e. The van der Waals surface area contributed by atoms with Gasteiger partial charge in [-0.1, -0.05) is 25.0 Å². The van der Waals surface area contributed by atoms with Crippen molar-refractivity contribution >= 4 is 52.9 Å². The Morgan fingerprint density at radius 3 is 2.67 bits per heavy atom. The number of aryl methyl sites for hydroxylation is 2. The van der Waals surface area contributed by atoms with Crippen LogP contribution in [0.2, 0.25) is 0 Å². The molecule has 1 aliphatic rings. The van der Waals surface area contributed by atoms with Crippen molar-refractivity contribution in [1.29, 1.82) is 0 Å². The van der Waals surface area contributed by atoms with Gasteiger partial charge in [-0.15, -0.1) is 35.3 Å². The van der Waals surface area contributed by atoms with Crippen LogP contribution in [0.15, 0.2) is 29.3 Å². The molecule has 0 bridgehead atoms. The summed E-state index contributed by atoms with van der Waals surface area (Å²) in [6.07, 6.45) is 5.22. The lowest BCUT2D eigenvalue weighted by Crippen LogP contribution is -2.37. The van der Waals surface area contributed by atoms with Crippen LogP contribution in [-0.4, -0.2) is 30.4 Å². The van der Waals surface area contributed by atoms with Crippen LogP contribution < -0.4 is 16.0 Å². The van der Waals surface area contributed by atoms with E-state index in [1.807, 2.05) is 31.2 Å². The van der Waals surface area contributed by atoms with Gasteiger partial charge in [-0.3, -0.25) is 9.79 Å². The molecule has 30 heavy (non-hydrogen) atoms. The van der Waals surface area contributed by atoms with Crippen LogP contribution in [0.3, 0.4) is 0 Å². The Labute approximate surface area is 200 Å². The van der Waals surface area contributed by atoms with E-state index in [-0.39, 0.29) is 35.8 Å². The zero-order valence-electron chi connectivity index (χ0n) is 18.0. The molecule has 0 radical (unpaired) electrons. The van der Waals surface area contributed by atoms with Crippen molar-refractivity contribution in [3.63, 3.8) is 0 Å². The van der Waals surface area contributed by atoms with E-state index in [9.17, 15) is 4.79 Å². The molecule has 3 rings (SSSR count). The van der Waals surface area contributed by atoms with Crippen LogP contribution >= 0.6 is 35.3 Å². The SMILES string of the molecule is CN=C(NCCc1nc(C)c(C)s1)NCc1cccc(NC(=O)C2CCCC2)c1.I. The lowest BCUT2D eigenvalue weighted by atomic mass is 10.1. The summed E-state index contributed by atoms with van der Waals surface area (Å²) in [6, 6.07) is 7.99. The number of benzene rings is 1. The number of thiazole rings is 1. The summed E-state index contributed by atoms with van der Waals surface area (Å²) in [5.41, 5.74) is 3.08. The van der Waals surface area contributed by atoms with Crippen molar-refractivity contribution in [1.82, 2.24) is 15.6 Å². The van der Waals surface area contributed by atoms with E-state index in [1.54, 1.807) is 18.4 Å². The molecule has 2 aromatic rings. The number of anilines is 1. The smallest absolute Gasteiger partial charge is 0.227 e. The Hall–Kier alpha value is -1.68. The van der Waals surface area contributed by atoms with E-state index < -0.39 is 0 Å². The second-order valence-electron chi connectivity index (χ2n) is 7.52. The molecule has 1 aromatic carbocycles. The molecule has 0 atom stereocenters. The number of carbonyl (C=O) groups is 1. The maximum absolute atomic E-state index is 12.3. The van der Waals surface area contributed by atoms with Crippen LogP contribution in [0, 0.1) is 19.8 Å². The number of nitrogens with zero attached hydrogens (tertiary/aromatic N) is 2. The quantitative estimate of drug-likeness (QED) is 0.276. The minimum atomic E-state index is 0. The molecule has 0 saturated heterocycles. The summed E-state index contributed by atoms with van der Waals surface area (Å²) in [6.45, 7) is 5.58. The lowest BCUT2D eigenvalue weighted by Gasteiger charge is -2.13. The number of guanidine groups is 1. The molecule has 1 amide bonds. The fraction of sp³-hybridized carbons (Fsp3) is 0.500. The topological polar surface area (TPSA) is 78.4 Å². The molecule has 0 spiro atoms. The van der Waals surface area contributed by atoms with E-state index in [4.69, 9.17) is 0 Å². The Morgan fingerprint density at radius 1 is 1.23 bits per heavy atom. The standard InChI is InChI=1S/C22H31N5OS.HI/c1-15-16(2)29-20(26-15)11-12-24-22(23-3)25-14-17-7-6-10-19(13-17)27-21(28)18-8-4-5-9-18;/h6-7,10,13,18H,4-5,8-9,11-12,14H2,1-3H3,(H,27,28)(H2,23,24,25);1H. The fourth-order valence-electron chi connectivity index (χ4n) is 3.53. The molecule has 1 aliphatic carbocycles. The van der Waals surface area contributed by atoms with Gasteiger partial charge in [0.1, 0.15) is 0 Å². The Bertz CT molecular complexity index is 841. The van der Waals surface area contributed by atoms with Gasteiger partial charge in [0.15, 0.2) is 5.96 Å². The highest BCUT2D eigenvalue weighted by molar-refractivity contribution is 14.0. The number of halogens is 1. The molecule has 6 nitrogen and oxygen atoms in total. The normalized spacial score (nSPS) is 14.3. The van der Waals surface area contributed by atoms with Crippen LogP contribution in [0.4, 0.5) is 5.69 Å². The van der Waals surface area contributed by atoms with Gasteiger partial charge in [0.25, 0.3) is 0 Å². The van der Waals surface area contributed by atoms with Gasteiger partial charge in [-0.2, -0.15) is 0 Å². The monoisotopic (exact) mass is 541 g/mol. The average molecular weight is 542 g/mol. The van der Waals surface area contributed by atoms with Crippen LogP contribution in [0.5, 0.6) is 0 Å². The fourth-order valence-corrected chi connectivity index (χ4v) is 4.47. The number of aromatic nitrogens is 1. The van der Waals surface area contributed by atoms with Gasteiger partial charge < -0.3 is 16.0 Å². The van der Waals surface area contributed by atoms with Gasteiger partial charge in [-0.25, -0.2) is 4.98 Å². The summed E-state index contributed by atoms with van der Waals surface area (Å²) in [5.74, 6) is 1.08. The van der Waals surface area contributed by atoms with Gasteiger partial charge in [0.05, 0.1) is 10.7 Å². The predicted octanol–water partition coefficient (Wildman–Crippen LogP) is 4.41. The van der Waals surface area contributed by atoms with Crippen LogP contribution in [-0.2, 0) is 17.8 Å². The second-order valence-corrected chi connectivity index (χ2v) is 8.81. The molecule has 1 aromatic heterocycles. The molecule has 0 unspecified atom stereocenters. The van der Waals surface area contributed by atoms with Gasteiger partial charge >= 0.3 is 0 Å². The van der Waals surface area contributed by atoms with E-state index in [0.717, 1.165) is 66.6 Å². The van der Waals surface area contributed by atoms with Crippen molar-refractivity contribution in [2.75, 3.05) is 18.9 Å². The third-order valence-electron chi connectivity index (χ3n) is 5.31. The van der Waals surface area contributed by atoms with Gasteiger partial charge in [0.2, 0.25) is 5.91 Å². The summed E-state index contributed by atoms with van der Waals surface area (Å²) in [4.78, 5) is 22.5. The highest BCUT2D eigenvalue weighted by atomic mass is 127. The number of amides is 1. The van der Waals surface area contributed by atoms with E-state index in [1.165, 1.54) is 4.88 Å². The number of rotatable bonds is 7. The number of hydrogen-bond donors (Lipinski definition) is 3. The largest absolute Gasteiger partial charge is 0.356 e. The van der Waals surface area contributed by atoms with E-state index in [2.05, 4.69) is 32.9 Å². The van der Waals surface area contributed by atoms with Crippen molar-refractivity contribution in [2.45, 2.75) is 52.5 Å². The summed E-state index contributed by atoms with van der Waals surface area (Å²) >= 11 is 1.75. The summed E-state index contributed by atoms with van der Waals surface area (Å²) in [7, 11) is 1.77. The molecule has 0 aliphatic heterocycles. The van der Waals surface area contributed by atoms with Crippen molar-refractivity contribution in [2.24, 2.45) is 10.9 Å². The molecule has 8 heteroatoms. The van der Waals surface area contributed by atoms with E-state index >= 15 is 0 Å². The Kier molecular flexibility index (Phi) is 10.0. The Morgan fingerprint density at radius 2 is 2.00 bits per heavy atom. The molecular weight excluding hydrogens is 509 g/mol. The molecule has 1 heterocycles. The molecule has 164 valence electrons. The number of hydrogen-bond acceptors (Lipinski definition) is 4. The minimum Gasteiger partial charge on any atom is -0.356 e. The first kappa shape index (κ1) is 24.6. The minimum absolute atomic E-state index is 0. The van der Waals surface area contributed by atoms with Gasteiger partial charge in [0, 0.05) is 43.0 Å². The first-order valence-corrected chi connectivity index (χ1v) is 11.1. The highest BCUT2D eigenvalue weighted by Gasteiger charge is 2.22. The number of aliphatic imine (C=N–C) groups is 1. The molecule has 1 fully saturated rings. The number of carbonyl (C=O) groups excluding carboxylic acids is 1. The zero-order valence-corrected chi connectivity index (χ0v) is 21.1. The zero-order chi connectivity index (χ0) is 20.6. The van der Waals surface area contributed by atoms with Gasteiger partial charge in [-0.05, 0) is 44.4 Å². The highest BCUT2D eigenvalue weighted by Crippen LogP contribution is 2.26. The average Bonchev–Trinajstić information content (AvgIpc) is 3.35. The van der Waals surface area contributed by atoms with Crippen LogP contribution in [0.1, 0.15) is 46.8 Å². The number of nitrogens with one attached hydrogen (secondary N) is 3. The first-order valence-electron chi connectivity index (χ1n) is 10.3. The summed E-state index contributed by atoms with van der Waals surface area (Å²) in [5, 5.41) is 10.9.